The summed E-state index contributed by atoms with van der Waals surface area (Å²) >= 11 is 0. The zero-order valence-corrected chi connectivity index (χ0v) is 37.5. The molecule has 4 saturated heterocycles. The minimum Gasteiger partial charge on any atom is -0.465 e. The summed E-state index contributed by atoms with van der Waals surface area (Å²) in [4.78, 5) is 72.5. The van der Waals surface area contributed by atoms with Crippen molar-refractivity contribution >= 4 is 24.0 Å². The molecule has 4 amide bonds. The average Bonchev–Trinajstić information content (AvgIpc) is 4.08. The highest BCUT2D eigenvalue weighted by molar-refractivity contribution is 5.87. The topological polar surface area (TPSA) is 215 Å². The van der Waals surface area contributed by atoms with E-state index in [2.05, 4.69) is 44.9 Å². The van der Waals surface area contributed by atoms with Crippen LogP contribution in [0.2, 0.25) is 0 Å². The average molecular weight is 879 g/mol. The summed E-state index contributed by atoms with van der Waals surface area (Å²) in [6, 6.07) is 13.8. The number of benzene rings is 2. The number of amides is 4. The maximum atomic E-state index is 14.2. The maximum Gasteiger partial charge on any atom is 0.405 e. The highest BCUT2D eigenvalue weighted by Gasteiger charge is 2.46. The van der Waals surface area contributed by atoms with Crippen molar-refractivity contribution in [2.24, 2.45) is 11.8 Å². The van der Waals surface area contributed by atoms with Gasteiger partial charge in [-0.3, -0.25) is 9.59 Å². The molecule has 64 heavy (non-hydrogen) atoms. The van der Waals surface area contributed by atoms with Gasteiger partial charge in [0.2, 0.25) is 11.8 Å². The fourth-order valence-corrected chi connectivity index (χ4v) is 11.0. The van der Waals surface area contributed by atoms with E-state index in [0.717, 1.165) is 59.3 Å². The molecule has 0 saturated carbocycles. The Morgan fingerprint density at radius 2 is 0.891 bits per heavy atom. The molecule has 0 radical (unpaired) electrons. The molecule has 4 aromatic rings. The molecule has 4 aliphatic rings. The molecule has 4 fully saturated rings. The van der Waals surface area contributed by atoms with E-state index in [-0.39, 0.29) is 72.2 Å². The van der Waals surface area contributed by atoms with Crippen LogP contribution in [-0.4, -0.2) is 113 Å². The van der Waals surface area contributed by atoms with Gasteiger partial charge in [-0.05, 0) is 116 Å². The number of rotatable bonds is 11. The Morgan fingerprint density at radius 3 is 1.22 bits per heavy atom. The number of likely N-dealkylation sites (tertiary alicyclic amines) is 2. The number of nitrogens with zero attached hydrogens (tertiary/aromatic N) is 4. The van der Waals surface area contributed by atoms with Crippen LogP contribution >= 0.6 is 0 Å². The molecule has 6 N–H and O–H groups in total. The smallest absolute Gasteiger partial charge is 0.405 e. The van der Waals surface area contributed by atoms with E-state index in [9.17, 15) is 29.4 Å². The van der Waals surface area contributed by atoms with Crippen LogP contribution < -0.4 is 10.6 Å². The number of ether oxygens (including phenoxy) is 2. The van der Waals surface area contributed by atoms with Gasteiger partial charge >= 0.3 is 12.2 Å². The molecule has 6 heterocycles. The van der Waals surface area contributed by atoms with Crippen LogP contribution in [0.5, 0.6) is 0 Å². The van der Waals surface area contributed by atoms with E-state index in [4.69, 9.17) is 19.4 Å². The van der Waals surface area contributed by atoms with Gasteiger partial charge in [0.15, 0.2) is 0 Å². The van der Waals surface area contributed by atoms with E-state index in [1.54, 1.807) is 0 Å². The largest absolute Gasteiger partial charge is 0.465 e. The van der Waals surface area contributed by atoms with E-state index in [1.807, 2.05) is 88.0 Å². The lowest BCUT2D eigenvalue weighted by Crippen LogP contribution is -2.55. The van der Waals surface area contributed by atoms with E-state index < -0.39 is 24.3 Å². The third-order valence-electron chi connectivity index (χ3n) is 13.9. The number of aromatic nitrogens is 4. The van der Waals surface area contributed by atoms with Crippen LogP contribution in [0.15, 0.2) is 60.9 Å². The zero-order chi connectivity index (χ0) is 45.4. The number of H-pyrrole nitrogens is 2. The summed E-state index contributed by atoms with van der Waals surface area (Å²) in [6.45, 7) is 11.9. The van der Waals surface area contributed by atoms with Crippen molar-refractivity contribution in [1.29, 1.82) is 0 Å². The van der Waals surface area contributed by atoms with Crippen molar-refractivity contribution < 1.29 is 38.9 Å². The summed E-state index contributed by atoms with van der Waals surface area (Å²) < 4.78 is 11.8. The van der Waals surface area contributed by atoms with Crippen molar-refractivity contribution in [2.45, 2.75) is 154 Å². The number of aromatic amines is 2. The second kappa shape index (κ2) is 18.8. The molecule has 16 heteroatoms. The minimum absolute atomic E-state index is 0.0673. The Balaban J connectivity index is 0.933. The molecule has 16 nitrogen and oxygen atoms in total. The molecule has 4 aliphatic heterocycles. The van der Waals surface area contributed by atoms with Crippen LogP contribution in [0.4, 0.5) is 9.59 Å². The third kappa shape index (κ3) is 9.53. The quantitative estimate of drug-likeness (QED) is 0.0856. The van der Waals surface area contributed by atoms with Crippen LogP contribution in [0.3, 0.4) is 0 Å². The predicted octanol–water partition coefficient (Wildman–Crippen LogP) is 7.92. The first-order valence-corrected chi connectivity index (χ1v) is 22.9. The lowest BCUT2D eigenvalue weighted by atomic mass is 9.85. The molecular formula is C48H62N8O8. The molecule has 342 valence electrons. The SMILES string of the molecule is C[C@@H]1CC([C@H](NC(=O)O)C(=O)N2[C@@H](C)CC[C@H]2c2nc(-c3ccc(-c4ccc(-c5c[nH]c([C@@H]6CC[C@H](C)N6C(=O)[C@@H](NC(=O)O)C6C[C@@H](C)O[C@H](C)C6)n5)cc4)cc3)c[nH]2)C[C@@H](C)O1. The number of hydrogen-bond donors (Lipinski definition) is 6. The van der Waals surface area contributed by atoms with Crippen molar-refractivity contribution in [3.05, 3.63) is 72.6 Å². The second-order valence-corrected chi connectivity index (χ2v) is 18.7. The van der Waals surface area contributed by atoms with Crippen LogP contribution in [0, 0.1) is 11.8 Å². The molecular weight excluding hydrogens is 817 g/mol. The fraction of sp³-hybridized carbons (Fsp3) is 0.542. The molecule has 10 atom stereocenters. The van der Waals surface area contributed by atoms with Gasteiger partial charge in [-0.25, -0.2) is 19.6 Å². The predicted molar refractivity (Wildman–Crippen MR) is 239 cm³/mol. The van der Waals surface area contributed by atoms with Gasteiger partial charge in [-0.15, -0.1) is 0 Å². The molecule has 2 aromatic heterocycles. The normalized spacial score (nSPS) is 29.3. The van der Waals surface area contributed by atoms with Crippen LogP contribution in [0.25, 0.3) is 33.6 Å². The van der Waals surface area contributed by atoms with Gasteiger partial charge in [-0.2, -0.15) is 0 Å². The van der Waals surface area contributed by atoms with Gasteiger partial charge in [0.05, 0.1) is 47.9 Å². The molecule has 0 unspecified atom stereocenters. The number of carbonyl (C=O) groups excluding carboxylic acids is 2. The van der Waals surface area contributed by atoms with Crippen molar-refractivity contribution in [1.82, 2.24) is 40.4 Å². The monoisotopic (exact) mass is 878 g/mol. The fourth-order valence-electron chi connectivity index (χ4n) is 11.0. The minimum atomic E-state index is -1.21. The Labute approximate surface area is 373 Å². The summed E-state index contributed by atoms with van der Waals surface area (Å²) in [7, 11) is 0. The highest BCUT2D eigenvalue weighted by atomic mass is 16.5. The first-order chi connectivity index (χ1) is 30.6. The summed E-state index contributed by atoms with van der Waals surface area (Å²) in [6.07, 6.45) is 6.42. The summed E-state index contributed by atoms with van der Waals surface area (Å²) in [5.74, 6) is 0.570. The van der Waals surface area contributed by atoms with Gasteiger partial charge in [-0.1, -0.05) is 48.5 Å². The van der Waals surface area contributed by atoms with Crippen molar-refractivity contribution in [2.75, 3.05) is 0 Å². The van der Waals surface area contributed by atoms with Gasteiger partial charge in [0, 0.05) is 35.6 Å². The van der Waals surface area contributed by atoms with Crippen LogP contribution in [0.1, 0.15) is 117 Å². The Kier molecular flexibility index (Phi) is 13.2. The number of nitrogens with one attached hydrogen (secondary N) is 4. The summed E-state index contributed by atoms with van der Waals surface area (Å²) in [5.41, 5.74) is 5.39. The third-order valence-corrected chi connectivity index (χ3v) is 13.9. The molecule has 0 bridgehead atoms. The Morgan fingerprint density at radius 1 is 0.562 bits per heavy atom. The molecule has 0 spiro atoms. The molecule has 8 rings (SSSR count). The first kappa shape index (κ1) is 44.9. The number of carboxylic acid groups (broad SMARTS) is 2. The standard InChI is InChI=1S/C48H62N8O8/c1-25-7-17-39(55(25)45(57)41(53-47(59)60)35-19-27(3)63-28(4)20-35)43-49-23-37(51-43)33-13-9-31(10-14-33)32-11-15-34(16-12-32)38-24-50-44(52-38)40-18-8-26(2)56(40)46(58)42(54-48(61)62)36-21-29(5)64-30(6)22-36/h9-16,23-30,35-36,39-42,53-54H,7-8,17-22H2,1-6H3,(H,49,51)(H,50,52)(H,59,60)(H,61,62)/t25-,26-,27+,28+,29+,30+,39-,40-,41-,42-/m0/s1. The number of hydrogen-bond acceptors (Lipinski definition) is 8. The Hall–Kier alpha value is -5.74. The Bertz CT molecular complexity index is 2120. The lowest BCUT2D eigenvalue weighted by molar-refractivity contribution is -0.141. The van der Waals surface area contributed by atoms with E-state index in [0.29, 0.717) is 37.3 Å². The van der Waals surface area contributed by atoms with Gasteiger partial charge in [0.25, 0.3) is 0 Å². The highest BCUT2D eigenvalue weighted by Crippen LogP contribution is 2.40. The van der Waals surface area contributed by atoms with Crippen LogP contribution in [-0.2, 0) is 19.1 Å². The van der Waals surface area contributed by atoms with E-state index in [1.165, 1.54) is 0 Å². The van der Waals surface area contributed by atoms with Crippen molar-refractivity contribution in [3.8, 4) is 33.6 Å². The maximum absolute atomic E-state index is 14.2. The molecule has 0 aliphatic carbocycles. The second-order valence-electron chi connectivity index (χ2n) is 18.7. The van der Waals surface area contributed by atoms with E-state index >= 15 is 0 Å². The molecule has 2 aromatic carbocycles. The van der Waals surface area contributed by atoms with Gasteiger partial charge < -0.3 is 50.1 Å². The van der Waals surface area contributed by atoms with Crippen molar-refractivity contribution in [3.63, 3.8) is 0 Å². The number of imidazole rings is 2. The van der Waals surface area contributed by atoms with Gasteiger partial charge in [0.1, 0.15) is 23.7 Å². The number of carbonyl (C=O) groups is 4. The zero-order valence-electron chi connectivity index (χ0n) is 37.5. The summed E-state index contributed by atoms with van der Waals surface area (Å²) in [5, 5.41) is 24.6. The lowest BCUT2D eigenvalue weighted by Gasteiger charge is -2.39. The first-order valence-electron chi connectivity index (χ1n) is 22.9.